The number of aliphatic hydroxyl groups excluding tert-OH is 1. The predicted octanol–water partition coefficient (Wildman–Crippen LogP) is 6.51. The van der Waals surface area contributed by atoms with Gasteiger partial charge in [0.05, 0.1) is 6.61 Å². The molecule has 1 rings (SSSR count). The Balaban J connectivity index is 3.22. The van der Waals surface area contributed by atoms with Gasteiger partial charge in [-0.3, -0.25) is 0 Å². The molecule has 0 spiro atoms. The molecule has 0 aromatic heterocycles. The van der Waals surface area contributed by atoms with Crippen LogP contribution >= 0.6 is 0 Å². The molecule has 1 aliphatic rings. The normalized spacial score (nSPS) is 27.1. The molecule has 8 heteroatoms. The van der Waals surface area contributed by atoms with Crippen molar-refractivity contribution in [3.05, 3.63) is 0 Å². The Labute approximate surface area is 196 Å². The molecule has 186 valence electrons. The summed E-state index contributed by atoms with van der Waals surface area (Å²) in [5.74, 6) is 0. The molecule has 5 nitrogen and oxygen atoms in total. The predicted molar refractivity (Wildman–Crippen MR) is 138 cm³/mol. The fourth-order valence-corrected chi connectivity index (χ4v) is 6.27. The number of rotatable bonds is 7. The van der Waals surface area contributed by atoms with Crippen LogP contribution in [0, 0.1) is 0 Å². The van der Waals surface area contributed by atoms with E-state index in [2.05, 4.69) is 102 Å². The van der Waals surface area contributed by atoms with Crippen LogP contribution in [0.5, 0.6) is 0 Å². The summed E-state index contributed by atoms with van der Waals surface area (Å²) >= 11 is 0. The first-order chi connectivity index (χ1) is 13.4. The molecule has 0 radical (unpaired) electrons. The van der Waals surface area contributed by atoms with Gasteiger partial charge in [0.15, 0.2) is 31.2 Å². The zero-order chi connectivity index (χ0) is 24.8. The van der Waals surface area contributed by atoms with E-state index in [-0.39, 0.29) is 27.3 Å². The second-order valence-corrected chi connectivity index (χ2v) is 28.1. The molecule has 0 bridgehead atoms. The topological polar surface area (TPSA) is 57.2 Å². The van der Waals surface area contributed by atoms with Crippen molar-refractivity contribution in [1.29, 1.82) is 0 Å². The zero-order valence-corrected chi connectivity index (χ0v) is 26.1. The fourth-order valence-electron chi connectivity index (χ4n) is 2.65. The summed E-state index contributed by atoms with van der Waals surface area (Å²) in [5.41, 5.74) is 0. The van der Waals surface area contributed by atoms with E-state index < -0.39 is 37.3 Å². The minimum absolute atomic E-state index is 0.0317. The number of aliphatic hydroxyl groups is 1. The highest BCUT2D eigenvalue weighted by molar-refractivity contribution is 6.75. The lowest BCUT2D eigenvalue weighted by atomic mass is 10.1. The summed E-state index contributed by atoms with van der Waals surface area (Å²) in [6.45, 7) is 33.8. The lowest BCUT2D eigenvalue weighted by molar-refractivity contribution is -0.129. The minimum Gasteiger partial charge on any atom is -0.414 e. The van der Waals surface area contributed by atoms with Gasteiger partial charge >= 0.3 is 0 Å². The fraction of sp³-hybridized carbons (Fsp3) is 1.00. The molecule has 4 atom stereocenters. The van der Waals surface area contributed by atoms with Crippen LogP contribution in [0.25, 0.3) is 0 Å². The quantitative estimate of drug-likeness (QED) is 0.411. The van der Waals surface area contributed by atoms with Crippen LogP contribution in [0.2, 0.25) is 54.4 Å². The molecular weight excluding hydrogens is 441 g/mol. The maximum atomic E-state index is 10.9. The largest absolute Gasteiger partial charge is 0.414 e. The Bertz CT molecular complexity index is 600. The molecule has 0 amide bonds. The molecule has 1 aliphatic heterocycles. The molecule has 0 aromatic carbocycles. The van der Waals surface area contributed by atoms with E-state index in [4.69, 9.17) is 18.0 Å². The third-order valence-electron chi connectivity index (χ3n) is 8.17. The SMILES string of the molecule is CC(C)(C)[Si](C)(C)OC[C@H]1O[C@H](O)[C@@H](O[Si](C)(C)C(C)(C)C)[C@@H]1O[Si](C)(C)C(C)(C)C. The van der Waals surface area contributed by atoms with Crippen molar-refractivity contribution in [2.75, 3.05) is 6.61 Å². The Morgan fingerprint density at radius 1 is 0.645 bits per heavy atom. The van der Waals surface area contributed by atoms with Gasteiger partial charge in [-0.2, -0.15) is 0 Å². The molecule has 1 heterocycles. The number of hydrogen-bond acceptors (Lipinski definition) is 5. The Morgan fingerprint density at radius 2 is 1.00 bits per heavy atom. The molecule has 31 heavy (non-hydrogen) atoms. The highest BCUT2D eigenvalue weighted by Crippen LogP contribution is 2.44. The van der Waals surface area contributed by atoms with Crippen molar-refractivity contribution in [3.8, 4) is 0 Å². The standard InChI is InChI=1S/C23H52O5Si3/c1-21(2,3)29(10,11)25-16-17-18(27-30(12,13)22(4,5)6)19(20(24)26-17)28-31(14,15)23(7,8)9/h17-20,24H,16H2,1-15H3/t17-,18-,19+,20+/m1/s1. The Kier molecular flexibility index (Phi) is 8.79. The third kappa shape index (κ3) is 6.97. The van der Waals surface area contributed by atoms with Crippen molar-refractivity contribution < 1.29 is 23.1 Å². The lowest BCUT2D eigenvalue weighted by Gasteiger charge is -2.44. The van der Waals surface area contributed by atoms with Crippen molar-refractivity contribution in [2.45, 2.75) is 141 Å². The smallest absolute Gasteiger partial charge is 0.192 e. The molecular formula is C23H52O5Si3. The van der Waals surface area contributed by atoms with Crippen molar-refractivity contribution in [3.63, 3.8) is 0 Å². The molecule has 0 unspecified atom stereocenters. The van der Waals surface area contributed by atoms with E-state index in [1.54, 1.807) is 0 Å². The summed E-state index contributed by atoms with van der Waals surface area (Å²) in [5, 5.41) is 11.1. The van der Waals surface area contributed by atoms with Gasteiger partial charge in [-0.25, -0.2) is 0 Å². The van der Waals surface area contributed by atoms with Gasteiger partial charge in [0.1, 0.15) is 18.3 Å². The van der Waals surface area contributed by atoms with Crippen LogP contribution in [0.3, 0.4) is 0 Å². The van der Waals surface area contributed by atoms with Crippen LogP contribution in [-0.2, 0) is 18.0 Å². The number of hydrogen-bond donors (Lipinski definition) is 1. The molecule has 0 aromatic rings. The summed E-state index contributed by atoms with van der Waals surface area (Å²) in [6.07, 6.45) is -2.18. The molecule has 1 fully saturated rings. The molecule has 0 saturated carbocycles. The van der Waals surface area contributed by atoms with E-state index in [9.17, 15) is 5.11 Å². The average Bonchev–Trinajstić information content (AvgIpc) is 2.77. The summed E-state index contributed by atoms with van der Waals surface area (Å²) in [7, 11) is -6.20. The van der Waals surface area contributed by atoms with Gasteiger partial charge in [-0.15, -0.1) is 0 Å². The van der Waals surface area contributed by atoms with E-state index in [1.165, 1.54) is 0 Å². The Hall–Kier alpha value is 0.451. The highest BCUT2D eigenvalue weighted by Gasteiger charge is 2.54. The van der Waals surface area contributed by atoms with E-state index in [0.29, 0.717) is 6.61 Å². The maximum Gasteiger partial charge on any atom is 0.192 e. The minimum atomic E-state index is -2.13. The Morgan fingerprint density at radius 3 is 1.35 bits per heavy atom. The second kappa shape index (κ2) is 9.24. The number of ether oxygens (including phenoxy) is 1. The summed E-state index contributed by atoms with van der Waals surface area (Å²) in [4.78, 5) is 0. The summed E-state index contributed by atoms with van der Waals surface area (Å²) < 4.78 is 26.1. The van der Waals surface area contributed by atoms with E-state index in [1.807, 2.05) is 0 Å². The first-order valence-corrected chi connectivity index (χ1v) is 20.5. The van der Waals surface area contributed by atoms with Crippen molar-refractivity contribution >= 4 is 25.0 Å². The maximum absolute atomic E-state index is 10.9. The van der Waals surface area contributed by atoms with E-state index >= 15 is 0 Å². The monoisotopic (exact) mass is 492 g/mol. The molecule has 1 saturated heterocycles. The molecule has 0 aliphatic carbocycles. The van der Waals surface area contributed by atoms with Crippen LogP contribution in [-0.4, -0.2) is 61.3 Å². The van der Waals surface area contributed by atoms with Crippen molar-refractivity contribution in [2.24, 2.45) is 0 Å². The van der Waals surface area contributed by atoms with Gasteiger partial charge in [0.2, 0.25) is 0 Å². The van der Waals surface area contributed by atoms with Gasteiger partial charge in [-0.05, 0) is 54.4 Å². The zero-order valence-electron chi connectivity index (χ0n) is 23.1. The third-order valence-corrected chi connectivity index (χ3v) is 21.6. The summed E-state index contributed by atoms with van der Waals surface area (Å²) in [6, 6.07) is 0. The van der Waals surface area contributed by atoms with Crippen LogP contribution in [0.1, 0.15) is 62.3 Å². The van der Waals surface area contributed by atoms with Gasteiger partial charge in [-0.1, -0.05) is 62.3 Å². The average molecular weight is 493 g/mol. The first kappa shape index (κ1) is 29.5. The highest BCUT2D eigenvalue weighted by atomic mass is 28.4. The van der Waals surface area contributed by atoms with Crippen LogP contribution < -0.4 is 0 Å². The lowest BCUT2D eigenvalue weighted by Crippen LogP contribution is -2.55. The van der Waals surface area contributed by atoms with Crippen molar-refractivity contribution in [1.82, 2.24) is 0 Å². The van der Waals surface area contributed by atoms with E-state index in [0.717, 1.165) is 0 Å². The van der Waals surface area contributed by atoms with Gasteiger partial charge in [0, 0.05) is 0 Å². The van der Waals surface area contributed by atoms with Crippen LogP contribution in [0.15, 0.2) is 0 Å². The first-order valence-electron chi connectivity index (χ1n) is 11.8. The second-order valence-electron chi connectivity index (χ2n) is 13.8. The van der Waals surface area contributed by atoms with Crippen LogP contribution in [0.4, 0.5) is 0 Å². The van der Waals surface area contributed by atoms with Gasteiger partial charge in [0.25, 0.3) is 0 Å². The van der Waals surface area contributed by atoms with Gasteiger partial charge < -0.3 is 23.1 Å². The molecule has 1 N–H and O–H groups in total.